The maximum absolute atomic E-state index is 12.8. The Morgan fingerprint density at radius 2 is 1.32 bits per heavy atom. The summed E-state index contributed by atoms with van der Waals surface area (Å²) in [6, 6.07) is -0.0303. The Balaban J connectivity index is 3.14. The number of hydrogen-bond donors (Lipinski definition) is 1. The highest BCUT2D eigenvalue weighted by molar-refractivity contribution is 7.89. The van der Waals surface area contributed by atoms with E-state index >= 15 is 0 Å². The predicted molar refractivity (Wildman–Crippen MR) is 94.1 cm³/mol. The van der Waals surface area contributed by atoms with Gasteiger partial charge < -0.3 is 0 Å². The normalized spacial score (nSPS) is 13.4. The summed E-state index contributed by atoms with van der Waals surface area (Å²) >= 11 is 0. The van der Waals surface area contributed by atoms with Gasteiger partial charge in [0.25, 0.3) is 0 Å². The Bertz CT molecular complexity index is 604. The molecule has 1 aromatic rings. The molecule has 22 heavy (non-hydrogen) atoms. The smallest absolute Gasteiger partial charge is 0.208 e. The summed E-state index contributed by atoms with van der Waals surface area (Å²) in [6.45, 7) is 14.0. The summed E-state index contributed by atoms with van der Waals surface area (Å²) < 4.78 is 28.5. The van der Waals surface area contributed by atoms with Crippen molar-refractivity contribution in [2.24, 2.45) is 0 Å². The van der Waals surface area contributed by atoms with E-state index < -0.39 is 10.0 Å². The average Bonchev–Trinajstić information content (AvgIpc) is 2.42. The molecule has 1 unspecified atom stereocenters. The molecule has 0 aliphatic carbocycles. The van der Waals surface area contributed by atoms with E-state index in [0.717, 1.165) is 47.9 Å². The van der Waals surface area contributed by atoms with Crippen molar-refractivity contribution in [2.45, 2.75) is 85.1 Å². The van der Waals surface area contributed by atoms with Gasteiger partial charge in [0.05, 0.1) is 4.90 Å². The largest absolute Gasteiger partial charge is 0.241 e. The Morgan fingerprint density at radius 1 is 0.864 bits per heavy atom. The fraction of sp³-hybridized carbons (Fsp3) is 0.667. The number of rotatable bonds is 7. The molecule has 0 fully saturated rings. The lowest BCUT2D eigenvalue weighted by atomic mass is 9.95. The minimum Gasteiger partial charge on any atom is -0.208 e. The molecule has 1 aromatic carbocycles. The van der Waals surface area contributed by atoms with Crippen LogP contribution >= 0.6 is 0 Å². The second-order valence-corrected chi connectivity index (χ2v) is 8.12. The molecule has 1 N–H and O–H groups in total. The molecule has 0 aliphatic heterocycles. The summed E-state index contributed by atoms with van der Waals surface area (Å²) in [5, 5.41) is 0. The zero-order valence-electron chi connectivity index (χ0n) is 15.1. The van der Waals surface area contributed by atoms with Crippen LogP contribution in [0.2, 0.25) is 0 Å². The summed E-state index contributed by atoms with van der Waals surface area (Å²) in [7, 11) is -3.47. The quantitative estimate of drug-likeness (QED) is 0.752. The van der Waals surface area contributed by atoms with E-state index in [4.69, 9.17) is 0 Å². The van der Waals surface area contributed by atoms with E-state index in [1.54, 1.807) is 0 Å². The minimum absolute atomic E-state index is 0.0303. The van der Waals surface area contributed by atoms with Crippen molar-refractivity contribution >= 4 is 10.0 Å². The Morgan fingerprint density at radius 3 is 1.77 bits per heavy atom. The first-order valence-electron chi connectivity index (χ1n) is 8.22. The maximum Gasteiger partial charge on any atom is 0.241 e. The molecule has 3 nitrogen and oxygen atoms in total. The van der Waals surface area contributed by atoms with Gasteiger partial charge in [0.2, 0.25) is 10.0 Å². The van der Waals surface area contributed by atoms with Crippen molar-refractivity contribution in [2.75, 3.05) is 0 Å². The molecule has 4 heteroatoms. The Hall–Kier alpha value is -0.870. The number of benzene rings is 1. The second kappa shape index (κ2) is 7.60. The topological polar surface area (TPSA) is 46.2 Å². The molecule has 1 atom stereocenters. The fourth-order valence-electron chi connectivity index (χ4n) is 2.95. The number of unbranched alkanes of at least 4 members (excludes halogenated alkanes) is 2. The van der Waals surface area contributed by atoms with Gasteiger partial charge in [-0.25, -0.2) is 13.1 Å². The van der Waals surface area contributed by atoms with Gasteiger partial charge in [0, 0.05) is 6.04 Å². The first kappa shape index (κ1) is 19.2. The maximum atomic E-state index is 12.8. The van der Waals surface area contributed by atoms with E-state index in [1.807, 2.05) is 34.6 Å². The highest BCUT2D eigenvalue weighted by Gasteiger charge is 2.24. The van der Waals surface area contributed by atoms with Crippen LogP contribution in [0.3, 0.4) is 0 Å². The van der Waals surface area contributed by atoms with Gasteiger partial charge in [-0.2, -0.15) is 0 Å². The van der Waals surface area contributed by atoms with Crippen LogP contribution in [0.4, 0.5) is 0 Å². The molecular formula is C18H31NO2S. The first-order valence-corrected chi connectivity index (χ1v) is 9.71. The molecular weight excluding hydrogens is 294 g/mol. The lowest BCUT2D eigenvalue weighted by Gasteiger charge is -2.21. The van der Waals surface area contributed by atoms with Crippen LogP contribution in [0.25, 0.3) is 0 Å². The monoisotopic (exact) mass is 325 g/mol. The summed E-state index contributed by atoms with van der Waals surface area (Å²) in [5.74, 6) is 0. The minimum atomic E-state index is -3.47. The molecule has 0 saturated carbocycles. The van der Waals surface area contributed by atoms with Crippen molar-refractivity contribution in [1.82, 2.24) is 4.72 Å². The zero-order chi connectivity index (χ0) is 17.1. The van der Waals surface area contributed by atoms with Crippen molar-refractivity contribution in [3.63, 3.8) is 0 Å². The fourth-order valence-corrected chi connectivity index (χ4v) is 4.83. The number of hydrogen-bond acceptors (Lipinski definition) is 2. The molecule has 0 heterocycles. The van der Waals surface area contributed by atoms with E-state index in [1.165, 1.54) is 5.56 Å². The molecule has 0 bridgehead atoms. The summed E-state index contributed by atoms with van der Waals surface area (Å²) in [5.41, 5.74) is 5.07. The van der Waals surface area contributed by atoms with Gasteiger partial charge >= 0.3 is 0 Å². The molecule has 0 saturated heterocycles. The van der Waals surface area contributed by atoms with E-state index in [2.05, 4.69) is 18.6 Å². The second-order valence-electron chi connectivity index (χ2n) is 6.47. The third-order valence-electron chi connectivity index (χ3n) is 4.80. The van der Waals surface area contributed by atoms with Crippen LogP contribution in [0.15, 0.2) is 4.90 Å². The summed E-state index contributed by atoms with van der Waals surface area (Å²) in [4.78, 5) is 0.468. The highest BCUT2D eigenvalue weighted by Crippen LogP contribution is 2.29. The van der Waals surface area contributed by atoms with Crippen LogP contribution < -0.4 is 4.72 Å². The van der Waals surface area contributed by atoms with E-state index in [9.17, 15) is 8.42 Å². The molecule has 0 radical (unpaired) electrons. The third-order valence-corrected chi connectivity index (χ3v) is 6.66. The van der Waals surface area contributed by atoms with Crippen LogP contribution in [0, 0.1) is 34.6 Å². The van der Waals surface area contributed by atoms with Gasteiger partial charge in [-0.15, -0.1) is 0 Å². The van der Waals surface area contributed by atoms with Gasteiger partial charge in [-0.3, -0.25) is 0 Å². The van der Waals surface area contributed by atoms with Crippen LogP contribution in [0.5, 0.6) is 0 Å². The van der Waals surface area contributed by atoms with Crippen molar-refractivity contribution in [1.29, 1.82) is 0 Å². The standard InChI is InChI=1S/C18H31NO2S/c1-8-9-10-11-12(2)19-22(20,21)18-16(6)14(4)13(3)15(5)17(18)7/h12,19H,8-11H2,1-7H3. The lowest BCUT2D eigenvalue weighted by Crippen LogP contribution is -2.33. The van der Waals surface area contributed by atoms with Gasteiger partial charge in [0.1, 0.15) is 0 Å². The first-order chi connectivity index (χ1) is 10.1. The van der Waals surface area contributed by atoms with Crippen molar-refractivity contribution in [3.8, 4) is 0 Å². The van der Waals surface area contributed by atoms with Gasteiger partial charge in [-0.05, 0) is 75.8 Å². The average molecular weight is 326 g/mol. The number of nitrogens with one attached hydrogen (secondary N) is 1. The van der Waals surface area contributed by atoms with E-state index in [0.29, 0.717) is 4.90 Å². The number of sulfonamides is 1. The molecule has 0 spiro atoms. The highest BCUT2D eigenvalue weighted by atomic mass is 32.2. The van der Waals surface area contributed by atoms with Crippen LogP contribution in [-0.2, 0) is 10.0 Å². The Kier molecular flexibility index (Phi) is 6.63. The SMILES string of the molecule is CCCCCC(C)NS(=O)(=O)c1c(C)c(C)c(C)c(C)c1C. The lowest BCUT2D eigenvalue weighted by molar-refractivity contribution is 0.526. The van der Waals surface area contributed by atoms with Gasteiger partial charge in [-0.1, -0.05) is 26.2 Å². The van der Waals surface area contributed by atoms with Crippen molar-refractivity contribution < 1.29 is 8.42 Å². The predicted octanol–water partition coefficient (Wildman–Crippen LogP) is 4.48. The summed E-state index contributed by atoms with van der Waals surface area (Å²) in [6.07, 6.45) is 4.24. The van der Waals surface area contributed by atoms with Gasteiger partial charge in [0.15, 0.2) is 0 Å². The molecule has 0 aliphatic rings. The third kappa shape index (κ3) is 4.11. The molecule has 0 amide bonds. The molecule has 126 valence electrons. The van der Waals surface area contributed by atoms with Crippen molar-refractivity contribution in [3.05, 3.63) is 27.8 Å². The molecule has 1 rings (SSSR count). The van der Waals surface area contributed by atoms with Crippen LogP contribution in [-0.4, -0.2) is 14.5 Å². The Labute approximate surface area is 136 Å². The molecule has 0 aromatic heterocycles. The van der Waals surface area contributed by atoms with Crippen LogP contribution in [0.1, 0.15) is 67.3 Å². The van der Waals surface area contributed by atoms with E-state index in [-0.39, 0.29) is 6.04 Å². The zero-order valence-corrected chi connectivity index (χ0v) is 15.9.